The van der Waals surface area contributed by atoms with Crippen LogP contribution in [0, 0.1) is 0 Å². The zero-order chi connectivity index (χ0) is 10.8. The minimum atomic E-state index is -0.0299. The number of hydrogen-bond donors (Lipinski definition) is 2. The molecule has 0 amide bonds. The van der Waals surface area contributed by atoms with Crippen LogP contribution in [0.15, 0.2) is 35.4 Å². The Morgan fingerprint density at radius 1 is 1.40 bits per heavy atom. The summed E-state index contributed by atoms with van der Waals surface area (Å²) in [5, 5.41) is 2.08. The van der Waals surface area contributed by atoms with Crippen molar-refractivity contribution in [3.05, 3.63) is 40.9 Å². The molecule has 1 aromatic carbocycles. The average molecular weight is 221 g/mol. The molecule has 1 aliphatic rings. The third-order valence-corrected chi connectivity index (χ3v) is 3.45. The monoisotopic (exact) mass is 221 g/mol. The van der Waals surface area contributed by atoms with Gasteiger partial charge in [0.25, 0.3) is 0 Å². The van der Waals surface area contributed by atoms with E-state index >= 15 is 0 Å². The van der Waals surface area contributed by atoms with Crippen molar-refractivity contribution in [2.75, 3.05) is 4.90 Å². The summed E-state index contributed by atoms with van der Waals surface area (Å²) >= 11 is 1.63. The maximum atomic E-state index is 6.02. The molecule has 0 fully saturated rings. The lowest BCUT2D eigenvalue weighted by atomic mass is 10.1. The van der Waals surface area contributed by atoms with E-state index in [1.807, 2.05) is 18.2 Å². The maximum Gasteiger partial charge on any atom is 0.133 e. The summed E-state index contributed by atoms with van der Waals surface area (Å²) in [4.78, 5) is 2.12. The molecule has 0 saturated carbocycles. The normalized spacial score (nSPS) is 20.6. The van der Waals surface area contributed by atoms with E-state index in [4.69, 9.17) is 11.5 Å². The van der Waals surface area contributed by atoms with Gasteiger partial charge in [0.15, 0.2) is 0 Å². The van der Waals surface area contributed by atoms with E-state index in [0.29, 0.717) is 6.54 Å². The lowest BCUT2D eigenvalue weighted by molar-refractivity contribution is 0.872. The molecular formula is C11H15N3S. The predicted molar refractivity (Wildman–Crippen MR) is 66.1 cm³/mol. The Balaban J connectivity index is 2.40. The molecule has 0 saturated heterocycles. The second kappa shape index (κ2) is 4.26. The summed E-state index contributed by atoms with van der Waals surface area (Å²) in [6.45, 7) is 2.60. The molecule has 2 rings (SSSR count). The van der Waals surface area contributed by atoms with Crippen molar-refractivity contribution in [1.29, 1.82) is 0 Å². The van der Waals surface area contributed by atoms with Gasteiger partial charge in [0.1, 0.15) is 5.50 Å². The van der Waals surface area contributed by atoms with Gasteiger partial charge in [-0.1, -0.05) is 30.0 Å². The van der Waals surface area contributed by atoms with E-state index in [9.17, 15) is 0 Å². The van der Waals surface area contributed by atoms with E-state index in [1.165, 1.54) is 5.70 Å². The van der Waals surface area contributed by atoms with Crippen LogP contribution in [0.4, 0.5) is 5.69 Å². The lowest BCUT2D eigenvalue weighted by Crippen LogP contribution is -2.35. The van der Waals surface area contributed by atoms with Crippen LogP contribution in [-0.2, 0) is 6.54 Å². The van der Waals surface area contributed by atoms with E-state index in [1.54, 1.807) is 11.8 Å². The number of anilines is 1. The smallest absolute Gasteiger partial charge is 0.133 e. The fraction of sp³-hybridized carbons (Fsp3) is 0.273. The van der Waals surface area contributed by atoms with Crippen LogP contribution < -0.4 is 16.4 Å². The number of hydrogen-bond acceptors (Lipinski definition) is 4. The average Bonchev–Trinajstić information content (AvgIpc) is 2.59. The van der Waals surface area contributed by atoms with Crippen molar-refractivity contribution in [2.24, 2.45) is 11.5 Å². The Kier molecular flexibility index (Phi) is 3.00. The second-order valence-electron chi connectivity index (χ2n) is 3.49. The Morgan fingerprint density at radius 2 is 2.13 bits per heavy atom. The molecule has 4 heteroatoms. The van der Waals surface area contributed by atoms with Crippen LogP contribution >= 0.6 is 11.8 Å². The topological polar surface area (TPSA) is 55.3 Å². The van der Waals surface area contributed by atoms with Crippen LogP contribution in [-0.4, -0.2) is 5.50 Å². The van der Waals surface area contributed by atoms with Crippen LogP contribution in [0.2, 0.25) is 0 Å². The molecule has 1 aliphatic heterocycles. The standard InChI is InChI=1S/C11H15N3S/c1-8-7-15-11(13)14(8)10-5-3-2-4-9(10)6-12/h2-5,7,11H,6,12-13H2,1H3. The lowest BCUT2D eigenvalue weighted by Gasteiger charge is -2.26. The number of para-hydroxylation sites is 1. The molecule has 0 aromatic heterocycles. The zero-order valence-electron chi connectivity index (χ0n) is 8.68. The highest BCUT2D eigenvalue weighted by atomic mass is 32.2. The maximum absolute atomic E-state index is 6.02. The number of benzene rings is 1. The molecule has 0 spiro atoms. The van der Waals surface area contributed by atoms with Crippen LogP contribution in [0.5, 0.6) is 0 Å². The summed E-state index contributed by atoms with van der Waals surface area (Å²) in [5.74, 6) is 0. The van der Waals surface area contributed by atoms with Crippen LogP contribution in [0.3, 0.4) is 0 Å². The Hall–Kier alpha value is -0.970. The second-order valence-corrected chi connectivity index (χ2v) is 4.48. The van der Waals surface area contributed by atoms with Crippen molar-refractivity contribution >= 4 is 17.4 Å². The summed E-state index contributed by atoms with van der Waals surface area (Å²) in [5.41, 5.74) is 15.1. The van der Waals surface area contributed by atoms with Gasteiger partial charge in [-0.3, -0.25) is 0 Å². The van der Waals surface area contributed by atoms with Gasteiger partial charge in [-0.2, -0.15) is 0 Å². The van der Waals surface area contributed by atoms with Crippen molar-refractivity contribution in [3.63, 3.8) is 0 Å². The number of thioether (sulfide) groups is 1. The Morgan fingerprint density at radius 3 is 2.73 bits per heavy atom. The van der Waals surface area contributed by atoms with Gasteiger partial charge in [-0.15, -0.1) is 0 Å². The molecule has 3 nitrogen and oxygen atoms in total. The Labute approximate surface area is 94.1 Å². The molecule has 0 aliphatic carbocycles. The first-order valence-corrected chi connectivity index (χ1v) is 5.83. The third-order valence-electron chi connectivity index (χ3n) is 2.48. The fourth-order valence-electron chi connectivity index (χ4n) is 1.73. The minimum Gasteiger partial charge on any atom is -0.326 e. The highest BCUT2D eigenvalue weighted by Crippen LogP contribution is 2.34. The van der Waals surface area contributed by atoms with Crippen LogP contribution in [0.1, 0.15) is 12.5 Å². The van der Waals surface area contributed by atoms with Gasteiger partial charge in [-0.05, 0) is 24.0 Å². The molecule has 4 N–H and O–H groups in total. The van der Waals surface area contributed by atoms with Gasteiger partial charge in [0.2, 0.25) is 0 Å². The van der Waals surface area contributed by atoms with E-state index in [2.05, 4.69) is 23.3 Å². The van der Waals surface area contributed by atoms with E-state index in [-0.39, 0.29) is 5.50 Å². The van der Waals surface area contributed by atoms with Crippen molar-refractivity contribution in [3.8, 4) is 0 Å². The van der Waals surface area contributed by atoms with Gasteiger partial charge in [0, 0.05) is 17.9 Å². The van der Waals surface area contributed by atoms with E-state index in [0.717, 1.165) is 11.3 Å². The SMILES string of the molecule is CC1=CSC(N)N1c1ccccc1CN. The highest BCUT2D eigenvalue weighted by molar-refractivity contribution is 8.03. The molecule has 1 heterocycles. The molecule has 80 valence electrons. The largest absolute Gasteiger partial charge is 0.326 e. The zero-order valence-corrected chi connectivity index (χ0v) is 9.50. The molecule has 15 heavy (non-hydrogen) atoms. The highest BCUT2D eigenvalue weighted by Gasteiger charge is 2.23. The van der Waals surface area contributed by atoms with E-state index < -0.39 is 0 Å². The molecule has 1 unspecified atom stereocenters. The molecule has 0 bridgehead atoms. The molecule has 1 aromatic rings. The van der Waals surface area contributed by atoms with Crippen LogP contribution in [0.25, 0.3) is 0 Å². The number of nitrogens with two attached hydrogens (primary N) is 2. The number of allylic oxidation sites excluding steroid dienone is 1. The first kappa shape index (κ1) is 10.5. The summed E-state index contributed by atoms with van der Waals surface area (Å²) in [7, 11) is 0. The molecular weight excluding hydrogens is 206 g/mol. The van der Waals surface area contributed by atoms with Gasteiger partial charge in [0.05, 0.1) is 0 Å². The summed E-state index contributed by atoms with van der Waals surface area (Å²) < 4.78 is 0. The predicted octanol–water partition coefficient (Wildman–Crippen LogP) is 1.80. The summed E-state index contributed by atoms with van der Waals surface area (Å²) in [6.07, 6.45) is 0. The van der Waals surface area contributed by atoms with Gasteiger partial charge in [-0.25, -0.2) is 0 Å². The van der Waals surface area contributed by atoms with Crippen molar-refractivity contribution < 1.29 is 0 Å². The van der Waals surface area contributed by atoms with Crippen molar-refractivity contribution in [1.82, 2.24) is 0 Å². The number of nitrogens with zero attached hydrogens (tertiary/aromatic N) is 1. The molecule has 1 atom stereocenters. The van der Waals surface area contributed by atoms with Crippen molar-refractivity contribution in [2.45, 2.75) is 19.0 Å². The first-order chi connectivity index (χ1) is 7.24. The van der Waals surface area contributed by atoms with Gasteiger partial charge >= 0.3 is 0 Å². The minimum absolute atomic E-state index is 0.0299. The first-order valence-electron chi connectivity index (χ1n) is 4.89. The summed E-state index contributed by atoms with van der Waals surface area (Å²) in [6, 6.07) is 8.11. The third kappa shape index (κ3) is 1.88. The molecule has 0 radical (unpaired) electrons. The fourth-order valence-corrected chi connectivity index (χ4v) is 2.58. The number of rotatable bonds is 2. The Bertz CT molecular complexity index is 389. The van der Waals surface area contributed by atoms with Gasteiger partial charge < -0.3 is 16.4 Å². The quantitative estimate of drug-likeness (QED) is 0.799.